The number of nitrogens with zero attached hydrogens (tertiary/aromatic N) is 3. The van der Waals surface area contributed by atoms with Gasteiger partial charge in [-0.1, -0.05) is 0 Å². The van der Waals surface area contributed by atoms with E-state index in [2.05, 4.69) is 18.7 Å². The Morgan fingerprint density at radius 2 is 1.80 bits per heavy atom. The SMILES string of the molecule is CC1CN(C(=O)N2CCOCC2C(=O)O)CC(C)N1C. The molecule has 0 aromatic heterocycles. The van der Waals surface area contributed by atoms with Crippen LogP contribution >= 0.6 is 0 Å². The van der Waals surface area contributed by atoms with Gasteiger partial charge < -0.3 is 19.6 Å². The van der Waals surface area contributed by atoms with E-state index in [1.54, 1.807) is 4.90 Å². The predicted molar refractivity (Wildman–Crippen MR) is 72.6 cm³/mol. The number of carbonyl (C=O) groups excluding carboxylic acids is 1. The lowest BCUT2D eigenvalue weighted by atomic mass is 10.1. The Labute approximate surface area is 119 Å². The molecule has 3 atom stereocenters. The molecule has 0 bridgehead atoms. The highest BCUT2D eigenvalue weighted by atomic mass is 16.5. The van der Waals surface area contributed by atoms with Crippen LogP contribution < -0.4 is 0 Å². The Hall–Kier alpha value is -1.34. The molecular weight excluding hydrogens is 262 g/mol. The molecule has 2 fully saturated rings. The molecule has 2 aliphatic heterocycles. The molecule has 114 valence electrons. The Morgan fingerprint density at radius 3 is 2.35 bits per heavy atom. The number of urea groups is 1. The van der Waals surface area contributed by atoms with E-state index < -0.39 is 12.0 Å². The number of amides is 2. The van der Waals surface area contributed by atoms with Gasteiger partial charge in [-0.25, -0.2) is 9.59 Å². The molecule has 2 saturated heterocycles. The van der Waals surface area contributed by atoms with Crippen molar-refractivity contribution in [3.8, 4) is 0 Å². The van der Waals surface area contributed by atoms with Crippen molar-refractivity contribution in [3.05, 3.63) is 0 Å². The van der Waals surface area contributed by atoms with Crippen LogP contribution in [0, 0.1) is 0 Å². The third kappa shape index (κ3) is 2.88. The number of carboxylic acids is 1. The van der Waals surface area contributed by atoms with E-state index in [0.29, 0.717) is 26.2 Å². The molecule has 20 heavy (non-hydrogen) atoms. The van der Waals surface area contributed by atoms with Gasteiger partial charge in [0.1, 0.15) is 0 Å². The van der Waals surface area contributed by atoms with Gasteiger partial charge in [-0.3, -0.25) is 4.90 Å². The zero-order valence-electron chi connectivity index (χ0n) is 12.3. The second-order valence-electron chi connectivity index (χ2n) is 5.67. The molecular formula is C13H23N3O4. The van der Waals surface area contributed by atoms with Gasteiger partial charge in [0.25, 0.3) is 0 Å². The number of ether oxygens (including phenoxy) is 1. The third-order valence-corrected chi connectivity index (χ3v) is 4.29. The zero-order chi connectivity index (χ0) is 14.9. The molecule has 7 heteroatoms. The molecule has 0 radical (unpaired) electrons. The fraction of sp³-hybridized carbons (Fsp3) is 0.846. The first-order valence-corrected chi connectivity index (χ1v) is 7.00. The number of hydrogen-bond donors (Lipinski definition) is 1. The zero-order valence-corrected chi connectivity index (χ0v) is 12.3. The van der Waals surface area contributed by atoms with Gasteiger partial charge in [0.2, 0.25) is 0 Å². The van der Waals surface area contributed by atoms with Crippen molar-refractivity contribution in [2.24, 2.45) is 0 Å². The van der Waals surface area contributed by atoms with Crippen LogP contribution in [-0.2, 0) is 9.53 Å². The van der Waals surface area contributed by atoms with Crippen LogP contribution in [0.4, 0.5) is 4.79 Å². The Morgan fingerprint density at radius 1 is 1.20 bits per heavy atom. The number of carbonyl (C=O) groups is 2. The first kappa shape index (κ1) is 15.1. The molecule has 3 unspecified atom stereocenters. The summed E-state index contributed by atoms with van der Waals surface area (Å²) in [6.07, 6.45) is 0. The van der Waals surface area contributed by atoms with E-state index in [1.807, 2.05) is 7.05 Å². The maximum absolute atomic E-state index is 12.6. The van der Waals surface area contributed by atoms with Crippen LogP contribution in [0.5, 0.6) is 0 Å². The highest BCUT2D eigenvalue weighted by molar-refractivity contribution is 5.83. The molecule has 1 N–H and O–H groups in total. The number of hydrogen-bond acceptors (Lipinski definition) is 4. The maximum Gasteiger partial charge on any atom is 0.328 e. The highest BCUT2D eigenvalue weighted by Gasteiger charge is 2.38. The van der Waals surface area contributed by atoms with Crippen molar-refractivity contribution >= 4 is 12.0 Å². The van der Waals surface area contributed by atoms with Gasteiger partial charge in [-0.15, -0.1) is 0 Å². The van der Waals surface area contributed by atoms with Crippen molar-refractivity contribution in [2.45, 2.75) is 32.0 Å². The number of piperazine rings is 1. The topological polar surface area (TPSA) is 73.3 Å². The van der Waals surface area contributed by atoms with E-state index in [4.69, 9.17) is 4.74 Å². The lowest BCUT2D eigenvalue weighted by Crippen LogP contribution is -2.62. The number of morpholine rings is 1. The van der Waals surface area contributed by atoms with E-state index in [0.717, 1.165) is 0 Å². The minimum atomic E-state index is -1.01. The average molecular weight is 285 g/mol. The molecule has 2 amide bonds. The summed E-state index contributed by atoms with van der Waals surface area (Å²) < 4.78 is 5.17. The molecule has 0 aromatic rings. The highest BCUT2D eigenvalue weighted by Crippen LogP contribution is 2.17. The molecule has 7 nitrogen and oxygen atoms in total. The summed E-state index contributed by atoms with van der Waals surface area (Å²) in [6.45, 7) is 6.21. The van der Waals surface area contributed by atoms with E-state index in [-0.39, 0.29) is 24.7 Å². The number of aliphatic carboxylic acids is 1. The summed E-state index contributed by atoms with van der Waals surface area (Å²) in [7, 11) is 2.05. The lowest BCUT2D eigenvalue weighted by Gasteiger charge is -2.45. The van der Waals surface area contributed by atoms with Crippen molar-refractivity contribution < 1.29 is 19.4 Å². The minimum absolute atomic E-state index is 0.0694. The summed E-state index contributed by atoms with van der Waals surface area (Å²) in [4.78, 5) is 29.2. The normalized spacial score (nSPS) is 32.2. The smallest absolute Gasteiger partial charge is 0.328 e. The van der Waals surface area contributed by atoms with E-state index >= 15 is 0 Å². The summed E-state index contributed by atoms with van der Waals surface area (Å²) in [5.41, 5.74) is 0. The third-order valence-electron chi connectivity index (χ3n) is 4.29. The van der Waals surface area contributed by atoms with Gasteiger partial charge >= 0.3 is 12.0 Å². The number of carboxylic acid groups (broad SMARTS) is 1. The quantitative estimate of drug-likeness (QED) is 0.729. The Kier molecular flexibility index (Phi) is 4.49. The average Bonchev–Trinajstić information content (AvgIpc) is 2.43. The van der Waals surface area contributed by atoms with Crippen LogP contribution in [0.2, 0.25) is 0 Å². The van der Waals surface area contributed by atoms with Crippen molar-refractivity contribution in [1.82, 2.24) is 14.7 Å². The molecule has 0 aliphatic carbocycles. The van der Waals surface area contributed by atoms with Crippen molar-refractivity contribution in [1.29, 1.82) is 0 Å². The molecule has 2 heterocycles. The first-order valence-electron chi connectivity index (χ1n) is 7.00. The fourth-order valence-corrected chi connectivity index (χ4v) is 2.78. The van der Waals surface area contributed by atoms with Crippen LogP contribution in [0.15, 0.2) is 0 Å². The summed E-state index contributed by atoms with van der Waals surface area (Å²) in [6, 6.07) is -0.520. The van der Waals surface area contributed by atoms with Gasteiger partial charge in [-0.2, -0.15) is 0 Å². The monoisotopic (exact) mass is 285 g/mol. The minimum Gasteiger partial charge on any atom is -0.480 e. The maximum atomic E-state index is 12.6. The predicted octanol–water partition coefficient (Wildman–Crippen LogP) is -0.0838. The first-order chi connectivity index (χ1) is 9.41. The summed E-state index contributed by atoms with van der Waals surface area (Å²) in [5.74, 6) is -1.01. The van der Waals surface area contributed by atoms with E-state index in [1.165, 1.54) is 4.90 Å². The van der Waals surface area contributed by atoms with Gasteiger partial charge in [0, 0.05) is 31.7 Å². The van der Waals surface area contributed by atoms with Crippen LogP contribution in [-0.4, -0.2) is 89.8 Å². The molecule has 0 aromatic carbocycles. The summed E-state index contributed by atoms with van der Waals surface area (Å²) in [5, 5.41) is 9.20. The van der Waals surface area contributed by atoms with E-state index in [9.17, 15) is 14.7 Å². The van der Waals surface area contributed by atoms with Crippen LogP contribution in [0.1, 0.15) is 13.8 Å². The number of rotatable bonds is 1. The van der Waals surface area contributed by atoms with Crippen LogP contribution in [0.3, 0.4) is 0 Å². The fourth-order valence-electron chi connectivity index (χ4n) is 2.78. The van der Waals surface area contributed by atoms with Gasteiger partial charge in [-0.05, 0) is 20.9 Å². The van der Waals surface area contributed by atoms with Crippen molar-refractivity contribution in [2.75, 3.05) is 39.9 Å². The van der Waals surface area contributed by atoms with Crippen molar-refractivity contribution in [3.63, 3.8) is 0 Å². The van der Waals surface area contributed by atoms with Gasteiger partial charge in [0.15, 0.2) is 6.04 Å². The molecule has 2 aliphatic rings. The second-order valence-corrected chi connectivity index (χ2v) is 5.67. The number of likely N-dealkylation sites (N-methyl/N-ethyl adjacent to an activating group) is 1. The Bertz CT molecular complexity index is 378. The summed E-state index contributed by atoms with van der Waals surface area (Å²) >= 11 is 0. The standard InChI is InChI=1S/C13H23N3O4/c1-9-6-15(7-10(2)14(9)3)13(19)16-4-5-20-8-11(16)12(17)18/h9-11H,4-8H2,1-3H3,(H,17,18). The molecule has 2 rings (SSSR count). The van der Waals surface area contributed by atoms with Crippen LogP contribution in [0.25, 0.3) is 0 Å². The molecule has 0 saturated carbocycles. The second kappa shape index (κ2) is 5.97. The largest absolute Gasteiger partial charge is 0.480 e. The lowest BCUT2D eigenvalue weighted by molar-refractivity contribution is -0.147. The Balaban J connectivity index is 2.07. The molecule has 0 spiro atoms. The van der Waals surface area contributed by atoms with Gasteiger partial charge in [0.05, 0.1) is 13.2 Å².